The molecule has 0 saturated carbocycles. The molecule has 1 heterocycles. The zero-order valence-electron chi connectivity index (χ0n) is 13.1. The third-order valence-electron chi connectivity index (χ3n) is 3.56. The number of rotatable bonds is 7. The van der Waals surface area contributed by atoms with Gasteiger partial charge in [0.2, 0.25) is 5.69 Å². The average Bonchev–Trinajstić information content (AvgIpc) is 2.99. The number of halogens is 1. The molecule has 0 spiro atoms. The van der Waals surface area contributed by atoms with E-state index in [9.17, 15) is 8.60 Å². The molecule has 9 nitrogen and oxygen atoms in total. The van der Waals surface area contributed by atoms with E-state index in [1.54, 1.807) is 6.07 Å². The summed E-state index contributed by atoms with van der Waals surface area (Å²) in [4.78, 5) is 4.33. The number of nitrogens with two attached hydrogens (primary N) is 2. The van der Waals surface area contributed by atoms with Gasteiger partial charge >= 0.3 is 0 Å². The monoisotopic (exact) mass is 368 g/mol. The summed E-state index contributed by atoms with van der Waals surface area (Å²) in [6.45, 7) is 0.271. The van der Waals surface area contributed by atoms with E-state index in [2.05, 4.69) is 30.5 Å². The third kappa shape index (κ3) is 4.13. The van der Waals surface area contributed by atoms with E-state index in [0.29, 0.717) is 6.42 Å². The largest absolute Gasteiger partial charge is 0.472 e. The summed E-state index contributed by atoms with van der Waals surface area (Å²) in [7, 11) is -2.80. The van der Waals surface area contributed by atoms with Crippen LogP contribution in [0.15, 0.2) is 27.8 Å². The van der Waals surface area contributed by atoms with Crippen LogP contribution < -0.4 is 20.3 Å². The smallest absolute Gasteiger partial charge is 0.287 e. The first-order valence-electron chi connectivity index (χ1n) is 7.30. The van der Waals surface area contributed by atoms with Crippen LogP contribution in [0.25, 0.3) is 0 Å². The number of nitrogens with one attached hydrogen (secondary N) is 1. The maximum Gasteiger partial charge on any atom is 0.287 e. The first kappa shape index (κ1) is 17.3. The number of aromatic nitrogens is 2. The SMILES string of the molecule is C=S(N)(=O)NCCOc1nonc1C(N)=N[C@H]1Cc2ccc(F)cc21. The van der Waals surface area contributed by atoms with Gasteiger partial charge in [0.25, 0.3) is 5.88 Å². The van der Waals surface area contributed by atoms with Crippen LogP contribution in [-0.2, 0) is 16.3 Å². The van der Waals surface area contributed by atoms with E-state index in [0.717, 1.165) is 11.1 Å². The normalized spacial score (nSPS) is 19.0. The van der Waals surface area contributed by atoms with E-state index >= 15 is 0 Å². The Kier molecular flexibility index (Phi) is 4.70. The standard InChI is InChI=1S/C14H17FN6O3S/c1-25(17,22)18-4-5-23-14-12(20-24-21-14)13(16)19-11-6-8-2-3-9(15)7-10(8)11/h2-3,7,11H,1,4-6H2,(H2,16,19)(H3,17,18,22)/t11-,25?/m0/s1. The van der Waals surface area contributed by atoms with E-state index in [-0.39, 0.29) is 42.4 Å². The van der Waals surface area contributed by atoms with Gasteiger partial charge in [-0.3, -0.25) is 4.99 Å². The van der Waals surface area contributed by atoms with Gasteiger partial charge in [-0.05, 0) is 45.9 Å². The molecule has 1 aromatic carbocycles. The summed E-state index contributed by atoms with van der Waals surface area (Å²) in [5.74, 6) is 3.05. The highest BCUT2D eigenvalue weighted by atomic mass is 32.2. The van der Waals surface area contributed by atoms with Gasteiger partial charge in [0, 0.05) is 6.54 Å². The summed E-state index contributed by atoms with van der Waals surface area (Å²) >= 11 is 0. The number of hydrogen-bond acceptors (Lipinski definition) is 6. The Morgan fingerprint density at radius 2 is 2.36 bits per heavy atom. The Hall–Kier alpha value is -2.50. The molecule has 0 aliphatic heterocycles. The molecule has 3 rings (SSSR count). The van der Waals surface area contributed by atoms with Crippen molar-refractivity contribution in [3.05, 3.63) is 40.8 Å². The topological polar surface area (TPSA) is 142 Å². The van der Waals surface area contributed by atoms with Gasteiger partial charge in [-0.1, -0.05) is 6.07 Å². The van der Waals surface area contributed by atoms with Crippen molar-refractivity contribution in [1.82, 2.24) is 15.0 Å². The molecule has 1 unspecified atom stereocenters. The molecule has 5 N–H and O–H groups in total. The van der Waals surface area contributed by atoms with Gasteiger partial charge in [-0.25, -0.2) is 23.1 Å². The molecule has 25 heavy (non-hydrogen) atoms. The molecule has 0 radical (unpaired) electrons. The number of hydrogen-bond donors (Lipinski definition) is 3. The molecule has 134 valence electrons. The molecule has 0 fully saturated rings. The van der Waals surface area contributed by atoms with E-state index in [1.165, 1.54) is 12.1 Å². The fourth-order valence-electron chi connectivity index (χ4n) is 2.39. The van der Waals surface area contributed by atoms with E-state index in [4.69, 9.17) is 15.6 Å². The second kappa shape index (κ2) is 6.78. The van der Waals surface area contributed by atoms with Crippen molar-refractivity contribution < 1.29 is 18.0 Å². The lowest BCUT2D eigenvalue weighted by atomic mass is 9.83. The Balaban J connectivity index is 1.65. The van der Waals surface area contributed by atoms with Crippen LogP contribution in [0, 0.1) is 5.82 Å². The molecular formula is C14H17FN6O3S. The molecule has 0 bridgehead atoms. The van der Waals surface area contributed by atoms with Crippen LogP contribution in [0.3, 0.4) is 0 Å². The highest BCUT2D eigenvalue weighted by Gasteiger charge is 2.27. The Bertz CT molecular complexity index is 911. The second-order valence-corrected chi connectivity index (χ2v) is 7.21. The van der Waals surface area contributed by atoms with Gasteiger partial charge in [0.15, 0.2) is 5.84 Å². The van der Waals surface area contributed by atoms with Crippen molar-refractivity contribution in [1.29, 1.82) is 0 Å². The Labute approximate surface area is 143 Å². The molecule has 2 aromatic rings. The number of fused-ring (bicyclic) bond motifs is 1. The van der Waals surface area contributed by atoms with Crippen LogP contribution in [-0.4, -0.2) is 39.4 Å². The zero-order chi connectivity index (χ0) is 18.0. The predicted molar refractivity (Wildman–Crippen MR) is 90.8 cm³/mol. The number of nitrogens with zero attached hydrogens (tertiary/aromatic N) is 3. The molecule has 11 heteroatoms. The quantitative estimate of drug-likeness (QED) is 0.265. The highest BCUT2D eigenvalue weighted by molar-refractivity contribution is 7.96. The van der Waals surface area contributed by atoms with Crippen molar-refractivity contribution in [2.75, 3.05) is 13.2 Å². The second-order valence-electron chi connectivity index (χ2n) is 5.46. The first-order valence-corrected chi connectivity index (χ1v) is 9.09. The molecular weight excluding hydrogens is 351 g/mol. The van der Waals surface area contributed by atoms with Gasteiger partial charge in [0.1, 0.15) is 12.4 Å². The summed E-state index contributed by atoms with van der Waals surface area (Å²) in [6.07, 6.45) is 0.663. The van der Waals surface area contributed by atoms with E-state index < -0.39 is 9.89 Å². The van der Waals surface area contributed by atoms with Crippen molar-refractivity contribution in [3.63, 3.8) is 0 Å². The van der Waals surface area contributed by atoms with Crippen LogP contribution >= 0.6 is 0 Å². The number of amidine groups is 1. The maximum atomic E-state index is 13.3. The lowest BCUT2D eigenvalue weighted by Crippen LogP contribution is -2.33. The predicted octanol–water partition coefficient (Wildman–Crippen LogP) is -0.315. The molecule has 0 amide bonds. The van der Waals surface area contributed by atoms with Crippen molar-refractivity contribution in [3.8, 4) is 5.88 Å². The van der Waals surface area contributed by atoms with Crippen LogP contribution in [0.2, 0.25) is 0 Å². The van der Waals surface area contributed by atoms with Gasteiger partial charge in [-0.15, -0.1) is 0 Å². The molecule has 1 aromatic heterocycles. The zero-order valence-corrected chi connectivity index (χ0v) is 14.0. The first-order chi connectivity index (χ1) is 11.8. The molecule has 1 aliphatic rings. The molecule has 0 saturated heterocycles. The van der Waals surface area contributed by atoms with Gasteiger partial charge in [-0.2, -0.15) is 0 Å². The van der Waals surface area contributed by atoms with Crippen molar-refractivity contribution >= 4 is 21.6 Å². The lowest BCUT2D eigenvalue weighted by Gasteiger charge is -2.27. The summed E-state index contributed by atoms with van der Waals surface area (Å²) in [6, 6.07) is 4.33. The minimum atomic E-state index is -2.80. The maximum absolute atomic E-state index is 13.3. The van der Waals surface area contributed by atoms with Gasteiger partial charge in [0.05, 0.1) is 15.9 Å². The van der Waals surface area contributed by atoms with Crippen LogP contribution in [0.1, 0.15) is 22.9 Å². The Morgan fingerprint density at radius 3 is 3.12 bits per heavy atom. The van der Waals surface area contributed by atoms with Crippen LogP contribution in [0.5, 0.6) is 5.88 Å². The fraction of sp³-hybridized carbons (Fsp3) is 0.286. The number of benzene rings is 1. The van der Waals surface area contributed by atoms with Crippen molar-refractivity contribution in [2.24, 2.45) is 15.9 Å². The minimum absolute atomic E-state index is 0.0504. The molecule has 2 atom stereocenters. The summed E-state index contributed by atoms with van der Waals surface area (Å²) in [5, 5.41) is 12.5. The minimum Gasteiger partial charge on any atom is -0.472 e. The number of ether oxygens (including phenoxy) is 1. The van der Waals surface area contributed by atoms with Gasteiger partial charge < -0.3 is 10.5 Å². The van der Waals surface area contributed by atoms with Crippen LogP contribution in [0.4, 0.5) is 4.39 Å². The summed E-state index contributed by atoms with van der Waals surface area (Å²) < 4.78 is 37.0. The number of aliphatic imine (C=N–C) groups is 1. The highest BCUT2D eigenvalue weighted by Crippen LogP contribution is 2.36. The fourth-order valence-corrected chi connectivity index (χ4v) is 2.82. The molecule has 1 aliphatic carbocycles. The third-order valence-corrected chi connectivity index (χ3v) is 4.26. The Morgan fingerprint density at radius 1 is 1.56 bits per heavy atom. The lowest BCUT2D eigenvalue weighted by molar-refractivity contribution is 0.258. The summed E-state index contributed by atoms with van der Waals surface area (Å²) in [5.41, 5.74) is 7.91. The average molecular weight is 368 g/mol. The van der Waals surface area contributed by atoms with E-state index in [1.807, 2.05) is 0 Å². The van der Waals surface area contributed by atoms with Crippen molar-refractivity contribution in [2.45, 2.75) is 12.5 Å².